The number of nitrogens with one attached hydrogen (secondary N) is 1. The lowest BCUT2D eigenvalue weighted by molar-refractivity contribution is 0.359. The third-order valence-corrected chi connectivity index (χ3v) is 5.54. The zero-order chi connectivity index (χ0) is 14.5. The fourth-order valence-electron chi connectivity index (χ4n) is 3.44. The molecular weight excluding hydrogens is 314 g/mol. The number of aryl methyl sites for hydroxylation is 2. The molecule has 2 atom stereocenters. The summed E-state index contributed by atoms with van der Waals surface area (Å²) < 4.78 is 3.46. The maximum atomic E-state index is 4.73. The van der Waals surface area contributed by atoms with Crippen molar-refractivity contribution < 1.29 is 0 Å². The smallest absolute Gasteiger partial charge is 0.0766 e. The van der Waals surface area contributed by atoms with E-state index in [-0.39, 0.29) is 0 Å². The molecule has 1 heterocycles. The summed E-state index contributed by atoms with van der Waals surface area (Å²) in [6, 6.07) is 0. The molecule has 2 unspecified atom stereocenters. The van der Waals surface area contributed by atoms with Crippen molar-refractivity contribution in [3.8, 4) is 0 Å². The van der Waals surface area contributed by atoms with Crippen LogP contribution in [0.15, 0.2) is 4.47 Å². The van der Waals surface area contributed by atoms with E-state index in [1.54, 1.807) is 0 Å². The van der Waals surface area contributed by atoms with Gasteiger partial charge in [-0.3, -0.25) is 4.68 Å². The van der Waals surface area contributed by atoms with E-state index in [0.717, 1.165) is 31.3 Å². The molecule has 1 aliphatic rings. The molecule has 0 radical (unpaired) electrons. The number of rotatable bonds is 7. The van der Waals surface area contributed by atoms with Crippen LogP contribution < -0.4 is 5.32 Å². The lowest BCUT2D eigenvalue weighted by atomic mass is 9.91. The Balaban J connectivity index is 2.10. The summed E-state index contributed by atoms with van der Waals surface area (Å²) in [5.41, 5.74) is 2.63. The largest absolute Gasteiger partial charge is 0.317 e. The van der Waals surface area contributed by atoms with Crippen LogP contribution in [0.4, 0.5) is 0 Å². The molecule has 1 saturated carbocycles. The highest BCUT2D eigenvalue weighted by Gasteiger charge is 2.29. The van der Waals surface area contributed by atoms with E-state index in [1.165, 1.54) is 48.1 Å². The average molecular weight is 342 g/mol. The van der Waals surface area contributed by atoms with Gasteiger partial charge in [-0.05, 0) is 73.5 Å². The summed E-state index contributed by atoms with van der Waals surface area (Å²) in [4.78, 5) is 0. The van der Waals surface area contributed by atoms with Crippen molar-refractivity contribution in [1.29, 1.82) is 0 Å². The highest BCUT2D eigenvalue weighted by molar-refractivity contribution is 9.10. The number of halogens is 1. The van der Waals surface area contributed by atoms with Gasteiger partial charge in [-0.1, -0.05) is 20.3 Å². The molecule has 2 rings (SSSR count). The summed E-state index contributed by atoms with van der Waals surface area (Å²) in [7, 11) is 0. The molecule has 1 aromatic heterocycles. The lowest BCUT2D eigenvalue weighted by Gasteiger charge is -2.20. The number of hydrogen-bond acceptors (Lipinski definition) is 2. The maximum absolute atomic E-state index is 4.73. The van der Waals surface area contributed by atoms with E-state index < -0.39 is 0 Å². The third kappa shape index (κ3) is 3.45. The monoisotopic (exact) mass is 341 g/mol. The minimum Gasteiger partial charge on any atom is -0.317 e. The number of nitrogens with zero attached hydrogens (tertiary/aromatic N) is 2. The summed E-state index contributed by atoms with van der Waals surface area (Å²) in [6.07, 6.45) is 6.33. The van der Waals surface area contributed by atoms with Gasteiger partial charge in [0.05, 0.1) is 15.9 Å². The standard InChI is InChI=1S/C16H28BrN3/c1-4-14-16(17)15(20(6-3)19-14)10-12-8-7-9-13(12)11-18-5-2/h12-13,18H,4-11H2,1-3H3. The molecule has 1 N–H and O–H groups in total. The van der Waals surface area contributed by atoms with E-state index in [1.807, 2.05) is 0 Å². The van der Waals surface area contributed by atoms with Crippen LogP contribution in [-0.4, -0.2) is 22.9 Å². The summed E-state index contributed by atoms with van der Waals surface area (Å²) in [6.45, 7) is 9.80. The lowest BCUT2D eigenvalue weighted by Crippen LogP contribution is -2.26. The molecule has 1 aliphatic carbocycles. The number of aromatic nitrogens is 2. The van der Waals surface area contributed by atoms with Crippen LogP contribution in [0.25, 0.3) is 0 Å². The third-order valence-electron chi connectivity index (χ3n) is 4.62. The second-order valence-electron chi connectivity index (χ2n) is 5.84. The van der Waals surface area contributed by atoms with Crippen molar-refractivity contribution in [3.05, 3.63) is 15.9 Å². The van der Waals surface area contributed by atoms with Gasteiger partial charge in [-0.25, -0.2) is 0 Å². The van der Waals surface area contributed by atoms with Gasteiger partial charge >= 0.3 is 0 Å². The van der Waals surface area contributed by atoms with Gasteiger partial charge in [-0.15, -0.1) is 0 Å². The zero-order valence-corrected chi connectivity index (χ0v) is 14.7. The maximum Gasteiger partial charge on any atom is 0.0766 e. The molecule has 0 bridgehead atoms. The Morgan fingerprint density at radius 3 is 2.65 bits per heavy atom. The molecule has 0 spiro atoms. The van der Waals surface area contributed by atoms with Crippen molar-refractivity contribution in [2.24, 2.45) is 11.8 Å². The average Bonchev–Trinajstić information content (AvgIpc) is 3.02. The first-order valence-corrected chi connectivity index (χ1v) is 8.95. The molecule has 0 saturated heterocycles. The first kappa shape index (κ1) is 16.0. The van der Waals surface area contributed by atoms with Crippen molar-refractivity contribution in [2.45, 2.75) is 59.4 Å². The minimum absolute atomic E-state index is 0.817. The molecule has 1 aromatic rings. The van der Waals surface area contributed by atoms with Crippen LogP contribution in [0.2, 0.25) is 0 Å². The first-order valence-electron chi connectivity index (χ1n) is 8.15. The van der Waals surface area contributed by atoms with E-state index in [0.29, 0.717) is 0 Å². The predicted octanol–water partition coefficient (Wildman–Crippen LogP) is 3.80. The number of hydrogen-bond donors (Lipinski definition) is 1. The SMILES string of the molecule is CCNCC1CCCC1Cc1c(Br)c(CC)nn1CC. The van der Waals surface area contributed by atoms with Gasteiger partial charge < -0.3 is 5.32 Å². The fourth-order valence-corrected chi connectivity index (χ4v) is 4.17. The predicted molar refractivity (Wildman–Crippen MR) is 88.1 cm³/mol. The summed E-state index contributed by atoms with van der Waals surface area (Å²) in [5, 5.41) is 8.26. The minimum atomic E-state index is 0.817. The molecule has 0 aliphatic heterocycles. The van der Waals surface area contributed by atoms with Crippen molar-refractivity contribution in [3.63, 3.8) is 0 Å². The molecule has 1 fully saturated rings. The van der Waals surface area contributed by atoms with Crippen LogP contribution >= 0.6 is 15.9 Å². The van der Waals surface area contributed by atoms with Crippen molar-refractivity contribution >= 4 is 15.9 Å². The normalized spacial score (nSPS) is 22.6. The first-order chi connectivity index (χ1) is 9.71. The topological polar surface area (TPSA) is 29.9 Å². The molecule has 20 heavy (non-hydrogen) atoms. The molecular formula is C16H28BrN3. The van der Waals surface area contributed by atoms with E-state index in [4.69, 9.17) is 5.10 Å². The van der Waals surface area contributed by atoms with Crippen LogP contribution in [0.1, 0.15) is 51.4 Å². The second-order valence-corrected chi connectivity index (χ2v) is 6.63. The highest BCUT2D eigenvalue weighted by atomic mass is 79.9. The van der Waals surface area contributed by atoms with Crippen molar-refractivity contribution in [1.82, 2.24) is 15.1 Å². The Hall–Kier alpha value is -0.350. The Bertz CT molecular complexity index is 428. The quantitative estimate of drug-likeness (QED) is 0.817. The van der Waals surface area contributed by atoms with Crippen LogP contribution in [0.5, 0.6) is 0 Å². The van der Waals surface area contributed by atoms with Gasteiger partial charge in [-0.2, -0.15) is 5.10 Å². The van der Waals surface area contributed by atoms with E-state index in [9.17, 15) is 0 Å². The Morgan fingerprint density at radius 2 is 2.00 bits per heavy atom. The van der Waals surface area contributed by atoms with Gasteiger partial charge in [0.25, 0.3) is 0 Å². The zero-order valence-electron chi connectivity index (χ0n) is 13.1. The van der Waals surface area contributed by atoms with Crippen LogP contribution in [-0.2, 0) is 19.4 Å². The van der Waals surface area contributed by atoms with Gasteiger partial charge in [0.1, 0.15) is 0 Å². The fraction of sp³-hybridized carbons (Fsp3) is 0.812. The van der Waals surface area contributed by atoms with Crippen molar-refractivity contribution in [2.75, 3.05) is 13.1 Å². The van der Waals surface area contributed by atoms with Gasteiger partial charge in [0, 0.05) is 6.54 Å². The molecule has 4 heteroatoms. The Morgan fingerprint density at radius 1 is 1.25 bits per heavy atom. The molecule has 114 valence electrons. The van der Waals surface area contributed by atoms with Gasteiger partial charge in [0.2, 0.25) is 0 Å². The summed E-state index contributed by atoms with van der Waals surface area (Å²) >= 11 is 3.78. The summed E-state index contributed by atoms with van der Waals surface area (Å²) in [5.74, 6) is 1.66. The van der Waals surface area contributed by atoms with E-state index in [2.05, 4.69) is 46.7 Å². The van der Waals surface area contributed by atoms with Gasteiger partial charge in [0.15, 0.2) is 0 Å². The van der Waals surface area contributed by atoms with Crippen LogP contribution in [0.3, 0.4) is 0 Å². The highest BCUT2D eigenvalue weighted by Crippen LogP contribution is 2.36. The van der Waals surface area contributed by atoms with E-state index >= 15 is 0 Å². The Kier molecular flexibility index (Phi) is 6.09. The van der Waals surface area contributed by atoms with Crippen LogP contribution in [0, 0.1) is 11.8 Å². The Labute approximate surface area is 131 Å². The molecule has 0 aromatic carbocycles. The molecule has 3 nitrogen and oxygen atoms in total. The second kappa shape index (κ2) is 7.60. The molecule has 0 amide bonds.